The molecule has 0 fully saturated rings. The number of rotatable bonds is 5. The summed E-state index contributed by atoms with van der Waals surface area (Å²) in [5.41, 5.74) is 2.04. The van der Waals surface area contributed by atoms with Crippen molar-refractivity contribution < 1.29 is 27.5 Å². The summed E-state index contributed by atoms with van der Waals surface area (Å²) in [6.07, 6.45) is 0. The van der Waals surface area contributed by atoms with Crippen LogP contribution in [0.1, 0.15) is 39.0 Å². The van der Waals surface area contributed by atoms with E-state index in [4.69, 9.17) is 9.56 Å². The van der Waals surface area contributed by atoms with Crippen LogP contribution in [0.15, 0.2) is 33.6 Å². The summed E-state index contributed by atoms with van der Waals surface area (Å²) in [5.74, 6) is -2.49. The molecule has 0 saturated heterocycles. The molecule has 1 heterocycles. The van der Waals surface area contributed by atoms with Crippen LogP contribution in [-0.2, 0) is 14.8 Å². The Kier molecular flexibility index (Phi) is 5.00. The standard InChI is InChI=1S/C16H18N2O6S/c1-8-5-4-6-11(9(8)2)14(16(20)21)18-15(19)12-7-13(10(3)24-12)25(17,22)23/h4-7,14H,1-3H3,(H,18,19)(H,20,21)(H2,17,22,23). The number of carbonyl (C=O) groups is 2. The van der Waals surface area contributed by atoms with Crippen LogP contribution in [0.5, 0.6) is 0 Å². The lowest BCUT2D eigenvalue weighted by molar-refractivity contribution is -0.139. The van der Waals surface area contributed by atoms with Crippen molar-refractivity contribution in [3.8, 4) is 0 Å². The Morgan fingerprint density at radius 1 is 1.24 bits per heavy atom. The number of aryl methyl sites for hydroxylation is 2. The molecule has 8 nitrogen and oxygen atoms in total. The summed E-state index contributed by atoms with van der Waals surface area (Å²) in [6.45, 7) is 4.92. The second kappa shape index (κ2) is 6.69. The predicted molar refractivity (Wildman–Crippen MR) is 88.6 cm³/mol. The molecule has 1 atom stereocenters. The fourth-order valence-corrected chi connectivity index (χ4v) is 3.13. The number of carboxylic acids is 1. The van der Waals surface area contributed by atoms with Gasteiger partial charge in [0.2, 0.25) is 10.0 Å². The average Bonchev–Trinajstić information content (AvgIpc) is 2.90. The second-order valence-corrected chi connectivity index (χ2v) is 7.14. The maximum Gasteiger partial charge on any atom is 0.330 e. The highest BCUT2D eigenvalue weighted by atomic mass is 32.2. The first-order chi connectivity index (χ1) is 11.5. The van der Waals surface area contributed by atoms with Gasteiger partial charge < -0.3 is 14.8 Å². The molecule has 2 aromatic rings. The number of hydrogen-bond acceptors (Lipinski definition) is 5. The van der Waals surface area contributed by atoms with E-state index >= 15 is 0 Å². The van der Waals surface area contributed by atoms with E-state index in [0.29, 0.717) is 5.56 Å². The molecule has 25 heavy (non-hydrogen) atoms. The number of nitrogens with two attached hydrogens (primary N) is 1. The van der Waals surface area contributed by atoms with Crippen LogP contribution in [0.3, 0.4) is 0 Å². The Bertz CT molecular complexity index is 946. The minimum atomic E-state index is -4.05. The van der Waals surface area contributed by atoms with Crippen molar-refractivity contribution in [2.24, 2.45) is 5.14 Å². The van der Waals surface area contributed by atoms with Crippen LogP contribution in [0.4, 0.5) is 0 Å². The van der Waals surface area contributed by atoms with Gasteiger partial charge >= 0.3 is 5.97 Å². The second-order valence-electron chi connectivity index (χ2n) is 5.61. The highest BCUT2D eigenvalue weighted by molar-refractivity contribution is 7.89. The van der Waals surface area contributed by atoms with Gasteiger partial charge in [0.25, 0.3) is 5.91 Å². The number of nitrogens with one attached hydrogen (secondary N) is 1. The lowest BCUT2D eigenvalue weighted by Crippen LogP contribution is -2.34. The highest BCUT2D eigenvalue weighted by Gasteiger charge is 2.27. The number of benzene rings is 1. The minimum absolute atomic E-state index is 0.0498. The average molecular weight is 366 g/mol. The molecule has 0 aliphatic rings. The highest BCUT2D eigenvalue weighted by Crippen LogP contribution is 2.23. The van der Waals surface area contributed by atoms with Gasteiger partial charge in [-0.3, -0.25) is 4.79 Å². The van der Waals surface area contributed by atoms with Crippen LogP contribution in [-0.4, -0.2) is 25.4 Å². The van der Waals surface area contributed by atoms with E-state index in [1.54, 1.807) is 19.1 Å². The Morgan fingerprint density at radius 3 is 2.40 bits per heavy atom. The van der Waals surface area contributed by atoms with Crippen molar-refractivity contribution in [3.63, 3.8) is 0 Å². The SMILES string of the molecule is Cc1cccc(C(NC(=O)c2cc(S(N)(=O)=O)c(C)o2)C(=O)O)c1C. The molecule has 1 amide bonds. The Hall–Kier alpha value is -2.65. The van der Waals surface area contributed by atoms with Crippen LogP contribution in [0.2, 0.25) is 0 Å². The normalized spacial score (nSPS) is 12.6. The molecular formula is C16H18N2O6S. The Balaban J connectivity index is 2.37. The summed E-state index contributed by atoms with van der Waals surface area (Å²) in [7, 11) is -4.05. The van der Waals surface area contributed by atoms with Crippen molar-refractivity contribution in [1.82, 2.24) is 5.32 Å². The zero-order chi connectivity index (χ0) is 18.9. The van der Waals surface area contributed by atoms with E-state index in [0.717, 1.165) is 17.2 Å². The summed E-state index contributed by atoms with van der Waals surface area (Å²) >= 11 is 0. The molecular weight excluding hydrogens is 348 g/mol. The molecule has 1 aromatic carbocycles. The third-order valence-corrected chi connectivity index (χ3v) is 4.90. The molecule has 4 N–H and O–H groups in total. The quantitative estimate of drug-likeness (QED) is 0.731. The molecule has 9 heteroatoms. The molecule has 0 aliphatic heterocycles. The van der Waals surface area contributed by atoms with Crippen molar-refractivity contribution in [1.29, 1.82) is 0 Å². The smallest absolute Gasteiger partial charge is 0.330 e. The molecule has 2 rings (SSSR count). The largest absolute Gasteiger partial charge is 0.479 e. The molecule has 1 aromatic heterocycles. The zero-order valence-corrected chi connectivity index (χ0v) is 14.7. The van der Waals surface area contributed by atoms with E-state index in [9.17, 15) is 23.1 Å². The number of primary sulfonamides is 1. The van der Waals surface area contributed by atoms with Gasteiger partial charge in [-0.25, -0.2) is 18.4 Å². The number of carbonyl (C=O) groups excluding carboxylic acids is 1. The first kappa shape index (κ1) is 18.7. The van der Waals surface area contributed by atoms with Crippen LogP contribution < -0.4 is 10.5 Å². The van der Waals surface area contributed by atoms with Gasteiger partial charge in [0, 0.05) is 6.07 Å². The topological polar surface area (TPSA) is 140 Å². The zero-order valence-electron chi connectivity index (χ0n) is 13.9. The van der Waals surface area contributed by atoms with Gasteiger partial charge in [-0.05, 0) is 37.5 Å². The monoisotopic (exact) mass is 366 g/mol. The number of amides is 1. The molecule has 0 spiro atoms. The third-order valence-electron chi connectivity index (χ3n) is 3.88. The van der Waals surface area contributed by atoms with Gasteiger partial charge in [-0.2, -0.15) is 0 Å². The first-order valence-electron chi connectivity index (χ1n) is 7.25. The predicted octanol–water partition coefficient (Wildman–Crippen LogP) is 1.41. The van der Waals surface area contributed by atoms with Crippen LogP contribution in [0.25, 0.3) is 0 Å². The molecule has 0 radical (unpaired) electrons. The first-order valence-corrected chi connectivity index (χ1v) is 8.80. The van der Waals surface area contributed by atoms with E-state index in [-0.39, 0.29) is 16.4 Å². The summed E-state index contributed by atoms with van der Waals surface area (Å²) in [4.78, 5) is 23.6. The fraction of sp³-hybridized carbons (Fsp3) is 0.250. The summed E-state index contributed by atoms with van der Waals surface area (Å²) in [6, 6.07) is 4.78. The van der Waals surface area contributed by atoms with Crippen molar-refractivity contribution >= 4 is 21.9 Å². The summed E-state index contributed by atoms with van der Waals surface area (Å²) < 4.78 is 27.9. The van der Waals surface area contributed by atoms with Gasteiger partial charge in [0.05, 0.1) is 0 Å². The van der Waals surface area contributed by atoms with E-state index in [2.05, 4.69) is 5.32 Å². The lowest BCUT2D eigenvalue weighted by Gasteiger charge is -2.17. The number of aliphatic carboxylic acids is 1. The molecule has 134 valence electrons. The number of sulfonamides is 1. The molecule has 1 unspecified atom stereocenters. The number of carboxylic acid groups (broad SMARTS) is 1. The third kappa shape index (κ3) is 3.89. The van der Waals surface area contributed by atoms with Gasteiger partial charge in [0.15, 0.2) is 11.8 Å². The van der Waals surface area contributed by atoms with Gasteiger partial charge in [-0.1, -0.05) is 18.2 Å². The van der Waals surface area contributed by atoms with Gasteiger partial charge in [-0.15, -0.1) is 0 Å². The van der Waals surface area contributed by atoms with Crippen molar-refractivity contribution in [2.75, 3.05) is 0 Å². The van der Waals surface area contributed by atoms with E-state index in [1.165, 1.54) is 6.92 Å². The molecule has 0 bridgehead atoms. The fourth-order valence-electron chi connectivity index (χ4n) is 2.42. The van der Waals surface area contributed by atoms with Crippen LogP contribution in [0, 0.1) is 20.8 Å². The van der Waals surface area contributed by atoms with Crippen molar-refractivity contribution in [2.45, 2.75) is 31.7 Å². The molecule has 0 aliphatic carbocycles. The Labute approximate surface area is 144 Å². The van der Waals surface area contributed by atoms with E-state index < -0.39 is 27.9 Å². The van der Waals surface area contributed by atoms with Crippen LogP contribution >= 0.6 is 0 Å². The number of hydrogen-bond donors (Lipinski definition) is 3. The maximum atomic E-state index is 12.3. The Morgan fingerprint density at radius 2 is 1.88 bits per heavy atom. The van der Waals surface area contributed by atoms with Crippen molar-refractivity contribution in [3.05, 3.63) is 52.5 Å². The van der Waals surface area contributed by atoms with E-state index in [1.807, 2.05) is 13.0 Å². The number of furan rings is 1. The minimum Gasteiger partial charge on any atom is -0.479 e. The maximum absolute atomic E-state index is 12.3. The molecule has 0 saturated carbocycles. The van der Waals surface area contributed by atoms with Gasteiger partial charge in [0.1, 0.15) is 10.7 Å². The summed E-state index contributed by atoms with van der Waals surface area (Å²) in [5, 5.41) is 16.8. The lowest BCUT2D eigenvalue weighted by atomic mass is 9.97.